The number of rotatable bonds is 6. The fourth-order valence-corrected chi connectivity index (χ4v) is 1.82. The van der Waals surface area contributed by atoms with Gasteiger partial charge in [-0.15, -0.1) is 0 Å². The number of hydrogen-bond acceptors (Lipinski definition) is 3. The van der Waals surface area contributed by atoms with Gasteiger partial charge in [-0.3, -0.25) is 0 Å². The fourth-order valence-electron chi connectivity index (χ4n) is 1.70. The molecule has 1 aromatic heterocycles. The van der Waals surface area contributed by atoms with E-state index in [1.807, 2.05) is 19.1 Å². The highest BCUT2D eigenvalue weighted by Gasteiger charge is 2.06. The number of unbranched alkanes of at least 4 members (excludes halogenated alkanes) is 2. The molecule has 0 bridgehead atoms. The van der Waals surface area contributed by atoms with Crippen LogP contribution in [0.2, 0.25) is 0 Å². The van der Waals surface area contributed by atoms with Gasteiger partial charge in [0.15, 0.2) is 0 Å². The van der Waals surface area contributed by atoms with E-state index in [4.69, 9.17) is 18.0 Å². The van der Waals surface area contributed by atoms with E-state index in [0.717, 1.165) is 23.6 Å². The van der Waals surface area contributed by atoms with Crippen LogP contribution in [0.25, 0.3) is 0 Å². The summed E-state index contributed by atoms with van der Waals surface area (Å²) in [6.45, 7) is 5.18. The molecule has 0 aromatic carbocycles. The molecule has 1 aromatic rings. The van der Waals surface area contributed by atoms with Gasteiger partial charge in [-0.2, -0.15) is 0 Å². The topological polar surface area (TPSA) is 42.1 Å². The molecule has 0 unspecified atom stereocenters. The summed E-state index contributed by atoms with van der Waals surface area (Å²) >= 11 is 5.01. The molecule has 3 nitrogen and oxygen atoms in total. The Hall–Kier alpha value is -1.16. The van der Waals surface area contributed by atoms with Crippen LogP contribution in [0.3, 0.4) is 0 Å². The molecule has 0 fully saturated rings. The predicted octanol–water partition coefficient (Wildman–Crippen LogP) is 2.65. The van der Waals surface area contributed by atoms with Crippen LogP contribution in [0.5, 0.6) is 0 Å². The smallest absolute Gasteiger partial charge is 0.129 e. The van der Waals surface area contributed by atoms with Crippen molar-refractivity contribution in [2.75, 3.05) is 18.5 Å². The first kappa shape index (κ1) is 13.9. The minimum Gasteiger partial charge on any atom is -0.389 e. The van der Waals surface area contributed by atoms with E-state index < -0.39 is 0 Å². The quantitative estimate of drug-likeness (QED) is 0.623. The first-order valence-electron chi connectivity index (χ1n) is 6.04. The van der Waals surface area contributed by atoms with Crippen molar-refractivity contribution in [3.8, 4) is 0 Å². The summed E-state index contributed by atoms with van der Waals surface area (Å²) < 4.78 is 0. The maximum atomic E-state index is 5.66. The summed E-state index contributed by atoms with van der Waals surface area (Å²) in [4.78, 5) is 7.09. The second-order valence-corrected chi connectivity index (χ2v) is 4.79. The van der Waals surface area contributed by atoms with Crippen LogP contribution in [-0.2, 0) is 0 Å². The maximum Gasteiger partial charge on any atom is 0.129 e. The van der Waals surface area contributed by atoms with E-state index in [9.17, 15) is 0 Å². The third-order valence-corrected chi connectivity index (χ3v) is 2.95. The Balaban J connectivity index is 2.78. The SMILES string of the molecule is CCCCCN(C)c1cc(C(N)=S)cc(C)n1. The van der Waals surface area contributed by atoms with E-state index in [1.54, 1.807) is 0 Å². The van der Waals surface area contributed by atoms with Crippen LogP contribution in [0.4, 0.5) is 5.82 Å². The van der Waals surface area contributed by atoms with Gasteiger partial charge in [-0.25, -0.2) is 4.98 Å². The molecule has 0 spiro atoms. The number of pyridine rings is 1. The van der Waals surface area contributed by atoms with Gasteiger partial charge in [-0.05, 0) is 25.5 Å². The average Bonchev–Trinajstić information content (AvgIpc) is 2.28. The standard InChI is InChI=1S/C13H21N3S/c1-4-5-6-7-16(3)12-9-11(13(14)17)8-10(2)15-12/h8-9H,4-7H2,1-3H3,(H2,14,17). The molecule has 0 saturated heterocycles. The highest BCUT2D eigenvalue weighted by molar-refractivity contribution is 7.80. The van der Waals surface area contributed by atoms with Crippen LogP contribution in [0.15, 0.2) is 12.1 Å². The first-order chi connectivity index (χ1) is 8.04. The Morgan fingerprint density at radius 1 is 1.41 bits per heavy atom. The van der Waals surface area contributed by atoms with E-state index in [-0.39, 0.29) is 0 Å². The molecule has 0 saturated carbocycles. The average molecular weight is 251 g/mol. The predicted molar refractivity (Wildman–Crippen MR) is 77.7 cm³/mol. The van der Waals surface area contributed by atoms with Crippen molar-refractivity contribution >= 4 is 23.0 Å². The van der Waals surface area contributed by atoms with Gasteiger partial charge in [-0.1, -0.05) is 32.0 Å². The lowest BCUT2D eigenvalue weighted by Crippen LogP contribution is -2.21. The fraction of sp³-hybridized carbons (Fsp3) is 0.538. The van der Waals surface area contributed by atoms with Crippen LogP contribution in [0, 0.1) is 6.92 Å². The van der Waals surface area contributed by atoms with Gasteiger partial charge < -0.3 is 10.6 Å². The molecule has 0 radical (unpaired) electrons. The van der Waals surface area contributed by atoms with Crippen molar-refractivity contribution in [1.82, 2.24) is 4.98 Å². The number of anilines is 1. The molecule has 94 valence electrons. The van der Waals surface area contributed by atoms with Gasteiger partial charge in [0, 0.05) is 24.8 Å². The molecular formula is C13H21N3S. The minimum absolute atomic E-state index is 0.429. The van der Waals surface area contributed by atoms with Gasteiger partial charge in [0.1, 0.15) is 10.8 Å². The molecule has 0 aliphatic rings. The Bertz CT molecular complexity index is 390. The van der Waals surface area contributed by atoms with Crippen molar-refractivity contribution < 1.29 is 0 Å². The van der Waals surface area contributed by atoms with Crippen molar-refractivity contribution in [3.63, 3.8) is 0 Å². The van der Waals surface area contributed by atoms with Crippen LogP contribution in [-0.4, -0.2) is 23.6 Å². The van der Waals surface area contributed by atoms with Crippen molar-refractivity contribution in [3.05, 3.63) is 23.4 Å². The summed E-state index contributed by atoms with van der Waals surface area (Å²) in [6.07, 6.45) is 3.66. The molecule has 2 N–H and O–H groups in total. The number of hydrogen-bond donors (Lipinski definition) is 1. The Labute approximate surface area is 109 Å². The van der Waals surface area contributed by atoms with Crippen molar-refractivity contribution in [2.24, 2.45) is 5.73 Å². The highest BCUT2D eigenvalue weighted by Crippen LogP contribution is 2.14. The zero-order valence-electron chi connectivity index (χ0n) is 10.9. The van der Waals surface area contributed by atoms with E-state index in [1.165, 1.54) is 19.3 Å². The Kier molecular flexibility index (Phi) is 5.35. The molecule has 1 heterocycles. The van der Waals surface area contributed by atoms with Crippen LogP contribution < -0.4 is 10.6 Å². The third-order valence-electron chi connectivity index (χ3n) is 2.71. The van der Waals surface area contributed by atoms with Crippen LogP contribution >= 0.6 is 12.2 Å². The summed E-state index contributed by atoms with van der Waals surface area (Å²) in [7, 11) is 2.06. The molecule has 4 heteroatoms. The van der Waals surface area contributed by atoms with Gasteiger partial charge in [0.05, 0.1) is 0 Å². The molecule has 0 amide bonds. The van der Waals surface area contributed by atoms with Gasteiger partial charge in [0.25, 0.3) is 0 Å². The molecule has 0 aliphatic heterocycles. The lowest BCUT2D eigenvalue weighted by Gasteiger charge is -2.19. The summed E-state index contributed by atoms with van der Waals surface area (Å²) in [5.41, 5.74) is 7.50. The molecular weight excluding hydrogens is 230 g/mol. The lowest BCUT2D eigenvalue weighted by molar-refractivity contribution is 0.701. The van der Waals surface area contributed by atoms with Gasteiger partial charge in [0.2, 0.25) is 0 Å². The zero-order chi connectivity index (χ0) is 12.8. The van der Waals surface area contributed by atoms with Gasteiger partial charge >= 0.3 is 0 Å². The van der Waals surface area contributed by atoms with E-state index >= 15 is 0 Å². The summed E-state index contributed by atoms with van der Waals surface area (Å²) in [5, 5.41) is 0. The number of aryl methyl sites for hydroxylation is 1. The van der Waals surface area contributed by atoms with Crippen molar-refractivity contribution in [1.29, 1.82) is 0 Å². The number of nitrogens with two attached hydrogens (primary N) is 1. The Morgan fingerprint density at radius 2 is 2.12 bits per heavy atom. The minimum atomic E-state index is 0.429. The molecule has 0 aliphatic carbocycles. The lowest BCUT2D eigenvalue weighted by atomic mass is 10.2. The number of aromatic nitrogens is 1. The van der Waals surface area contributed by atoms with E-state index in [2.05, 4.69) is 23.9 Å². The second-order valence-electron chi connectivity index (χ2n) is 4.35. The first-order valence-corrected chi connectivity index (χ1v) is 6.45. The monoisotopic (exact) mass is 251 g/mol. The largest absolute Gasteiger partial charge is 0.389 e. The molecule has 0 atom stereocenters. The molecule has 1 rings (SSSR count). The number of nitrogens with zero attached hydrogens (tertiary/aromatic N) is 2. The maximum absolute atomic E-state index is 5.66. The van der Waals surface area contributed by atoms with Crippen LogP contribution in [0.1, 0.15) is 37.4 Å². The Morgan fingerprint density at radius 3 is 2.71 bits per heavy atom. The molecule has 17 heavy (non-hydrogen) atoms. The van der Waals surface area contributed by atoms with E-state index in [0.29, 0.717) is 4.99 Å². The normalized spacial score (nSPS) is 10.3. The highest BCUT2D eigenvalue weighted by atomic mass is 32.1. The third kappa shape index (κ3) is 4.30. The second kappa shape index (κ2) is 6.55. The number of thiocarbonyl (C=S) groups is 1. The summed E-state index contributed by atoms with van der Waals surface area (Å²) in [6, 6.07) is 3.88. The van der Waals surface area contributed by atoms with Crippen molar-refractivity contribution in [2.45, 2.75) is 33.1 Å². The zero-order valence-corrected chi connectivity index (χ0v) is 11.7. The summed E-state index contributed by atoms with van der Waals surface area (Å²) in [5.74, 6) is 0.948.